The molecule has 2 aromatic heterocycles. The van der Waals surface area contributed by atoms with Gasteiger partial charge in [0.25, 0.3) is 5.91 Å². The monoisotopic (exact) mass is 524 g/mol. The molecule has 5 rings (SSSR count). The van der Waals surface area contributed by atoms with Crippen molar-refractivity contribution in [2.24, 2.45) is 0 Å². The van der Waals surface area contributed by atoms with Gasteiger partial charge >= 0.3 is 0 Å². The molecule has 11 heteroatoms. The van der Waals surface area contributed by atoms with Gasteiger partial charge in [-0.3, -0.25) is 14.6 Å². The smallest absolute Gasteiger partial charge is 0.270 e. The van der Waals surface area contributed by atoms with Gasteiger partial charge in [-0.25, -0.2) is 4.98 Å². The average Bonchev–Trinajstić information content (AvgIpc) is 2.92. The zero-order valence-corrected chi connectivity index (χ0v) is 21.0. The number of aromatic nitrogens is 2. The van der Waals surface area contributed by atoms with Gasteiger partial charge in [-0.2, -0.15) is 0 Å². The first-order valence-corrected chi connectivity index (χ1v) is 13.1. The Labute approximate surface area is 217 Å². The van der Waals surface area contributed by atoms with E-state index in [-0.39, 0.29) is 24.3 Å². The molecular weight excluding hydrogens is 496 g/mol. The number of benzene rings is 1. The van der Waals surface area contributed by atoms with Crippen molar-refractivity contribution >= 4 is 40.3 Å². The molecule has 0 unspecified atom stereocenters. The molecule has 4 atom stereocenters. The van der Waals surface area contributed by atoms with Crippen LogP contribution in [0, 0.1) is 0 Å². The second kappa shape index (κ2) is 11.0. The lowest BCUT2D eigenvalue weighted by molar-refractivity contribution is -0.113. The van der Waals surface area contributed by atoms with Crippen LogP contribution >= 0.6 is 11.8 Å². The Morgan fingerprint density at radius 3 is 3.00 bits per heavy atom. The quantitative estimate of drug-likeness (QED) is 0.366. The van der Waals surface area contributed by atoms with E-state index in [2.05, 4.69) is 20.6 Å². The van der Waals surface area contributed by atoms with E-state index in [9.17, 15) is 19.8 Å². The molecule has 10 nitrogen and oxygen atoms in total. The maximum absolute atomic E-state index is 12.9. The number of carbonyl (C=O) groups is 2. The Morgan fingerprint density at radius 2 is 2.19 bits per heavy atom. The topological polar surface area (TPSA) is 143 Å². The van der Waals surface area contributed by atoms with Crippen molar-refractivity contribution < 1.29 is 29.3 Å². The molecule has 0 radical (unpaired) electrons. The summed E-state index contributed by atoms with van der Waals surface area (Å²) < 4.78 is 11.4. The van der Waals surface area contributed by atoms with Crippen LogP contribution in [0.4, 0.5) is 5.82 Å². The zero-order valence-electron chi connectivity index (χ0n) is 20.2. The number of thioether (sulfide) groups is 1. The first-order chi connectivity index (χ1) is 17.9. The highest BCUT2D eigenvalue weighted by Gasteiger charge is 2.34. The van der Waals surface area contributed by atoms with Gasteiger partial charge in [-0.15, -0.1) is 11.8 Å². The van der Waals surface area contributed by atoms with Gasteiger partial charge in [0.2, 0.25) is 5.91 Å². The summed E-state index contributed by atoms with van der Waals surface area (Å²) in [7, 11) is 1.57. The first-order valence-electron chi connectivity index (χ1n) is 12.1. The van der Waals surface area contributed by atoms with Crippen molar-refractivity contribution in [3.05, 3.63) is 53.9 Å². The average molecular weight is 525 g/mol. The Morgan fingerprint density at radius 1 is 1.32 bits per heavy atom. The number of carbonyl (C=O) groups excluding carboxylic acids is 2. The van der Waals surface area contributed by atoms with Gasteiger partial charge in [-0.05, 0) is 42.7 Å². The van der Waals surface area contributed by atoms with Gasteiger partial charge in [-0.1, -0.05) is 12.1 Å². The number of anilines is 1. The van der Waals surface area contributed by atoms with Gasteiger partial charge in [0.15, 0.2) is 0 Å². The van der Waals surface area contributed by atoms with Crippen molar-refractivity contribution in [3.63, 3.8) is 0 Å². The lowest BCUT2D eigenvalue weighted by Crippen LogP contribution is -2.51. The Balaban J connectivity index is 1.23. The molecule has 3 aromatic rings. The highest BCUT2D eigenvalue weighted by atomic mass is 32.2. The van der Waals surface area contributed by atoms with E-state index in [1.165, 1.54) is 11.8 Å². The number of aliphatic hydroxyl groups is 2. The molecule has 1 saturated heterocycles. The minimum atomic E-state index is -0.805. The van der Waals surface area contributed by atoms with E-state index >= 15 is 0 Å². The normalized spacial score (nSPS) is 22.1. The molecule has 1 aromatic carbocycles. The molecule has 2 aliphatic heterocycles. The zero-order chi connectivity index (χ0) is 25.9. The minimum absolute atomic E-state index is 0.157. The van der Waals surface area contributed by atoms with Crippen LogP contribution in [-0.4, -0.2) is 69.7 Å². The molecule has 37 heavy (non-hydrogen) atoms. The van der Waals surface area contributed by atoms with Gasteiger partial charge in [0.1, 0.15) is 23.4 Å². The summed E-state index contributed by atoms with van der Waals surface area (Å²) in [5, 5.41) is 27.4. The molecule has 0 saturated carbocycles. The van der Waals surface area contributed by atoms with Crippen LogP contribution in [0.25, 0.3) is 10.9 Å². The van der Waals surface area contributed by atoms with Crippen LogP contribution in [-0.2, 0) is 9.53 Å². The van der Waals surface area contributed by atoms with Crippen molar-refractivity contribution in [3.8, 4) is 5.75 Å². The van der Waals surface area contributed by atoms with Crippen molar-refractivity contribution in [2.45, 2.75) is 48.5 Å². The van der Waals surface area contributed by atoms with Crippen LogP contribution in [0.3, 0.4) is 0 Å². The van der Waals surface area contributed by atoms with Gasteiger partial charge in [0.05, 0.1) is 54.3 Å². The largest absolute Gasteiger partial charge is 0.495 e. The van der Waals surface area contributed by atoms with E-state index < -0.39 is 24.2 Å². The van der Waals surface area contributed by atoms with Crippen molar-refractivity contribution in [1.82, 2.24) is 15.3 Å². The molecule has 1 fully saturated rings. The van der Waals surface area contributed by atoms with Crippen LogP contribution in [0.1, 0.15) is 41.4 Å². The summed E-state index contributed by atoms with van der Waals surface area (Å²) in [6.07, 6.45) is 1.39. The number of rotatable bonds is 7. The molecule has 0 spiro atoms. The lowest BCUT2D eigenvalue weighted by atomic mass is 9.92. The Hall–Kier alpha value is -3.25. The fraction of sp³-hybridized carbons (Fsp3) is 0.385. The van der Waals surface area contributed by atoms with Crippen LogP contribution < -0.4 is 15.4 Å². The number of fused-ring (bicyclic) bond motifs is 2. The van der Waals surface area contributed by atoms with E-state index in [1.54, 1.807) is 25.4 Å². The highest BCUT2D eigenvalue weighted by Crippen LogP contribution is 2.33. The van der Waals surface area contributed by atoms with Crippen LogP contribution in [0.15, 0.2) is 47.5 Å². The minimum Gasteiger partial charge on any atom is -0.495 e. The molecule has 194 valence electrons. The fourth-order valence-corrected chi connectivity index (χ4v) is 5.49. The highest BCUT2D eigenvalue weighted by molar-refractivity contribution is 8.00. The number of aliphatic hydroxyl groups excluding tert-OH is 2. The maximum Gasteiger partial charge on any atom is 0.270 e. The maximum atomic E-state index is 12.9. The molecule has 4 heterocycles. The number of nitrogens with zero attached hydrogens (tertiary/aromatic N) is 2. The third kappa shape index (κ3) is 5.54. The molecule has 0 aliphatic carbocycles. The van der Waals surface area contributed by atoms with Crippen molar-refractivity contribution in [1.29, 1.82) is 0 Å². The van der Waals surface area contributed by atoms with Crippen molar-refractivity contribution in [2.75, 3.05) is 24.8 Å². The van der Waals surface area contributed by atoms with Gasteiger partial charge in [0, 0.05) is 11.8 Å². The van der Waals surface area contributed by atoms with Gasteiger partial charge < -0.3 is 30.3 Å². The summed E-state index contributed by atoms with van der Waals surface area (Å²) in [4.78, 5) is 34.0. The number of nitrogens with one attached hydrogen (secondary N) is 2. The molecule has 4 N–H and O–H groups in total. The van der Waals surface area contributed by atoms with E-state index in [0.29, 0.717) is 36.6 Å². The summed E-state index contributed by atoms with van der Waals surface area (Å²) in [5.41, 5.74) is 1.66. The Kier molecular flexibility index (Phi) is 7.56. The number of hydrogen-bond acceptors (Lipinski definition) is 9. The third-order valence-electron chi connectivity index (χ3n) is 6.63. The predicted molar refractivity (Wildman–Crippen MR) is 138 cm³/mol. The van der Waals surface area contributed by atoms with E-state index in [4.69, 9.17) is 9.47 Å². The van der Waals surface area contributed by atoms with Crippen LogP contribution in [0.2, 0.25) is 0 Å². The number of amides is 2. The summed E-state index contributed by atoms with van der Waals surface area (Å²) in [6.45, 7) is -0.281. The number of hydrogen-bond donors (Lipinski definition) is 4. The van der Waals surface area contributed by atoms with E-state index in [0.717, 1.165) is 21.4 Å². The van der Waals surface area contributed by atoms with Crippen LogP contribution in [0.5, 0.6) is 5.75 Å². The van der Waals surface area contributed by atoms with E-state index in [1.807, 2.05) is 24.3 Å². The summed E-state index contributed by atoms with van der Waals surface area (Å²) in [6, 6.07) is 10.4. The first kappa shape index (κ1) is 25.4. The summed E-state index contributed by atoms with van der Waals surface area (Å²) >= 11 is 1.37. The molecule has 0 bridgehead atoms. The second-order valence-electron chi connectivity index (χ2n) is 9.06. The molecule has 2 aliphatic rings. The fourth-order valence-electron chi connectivity index (χ4n) is 4.73. The standard InChI is InChI=1S/C26H28N4O6S/c1-35-15-9-17-16(3-2-4-18(17)27-11-15)21(32)10-14-5-6-19(22(12-31)36-14)29-26(34)20-7-8-23-25(28-20)30-24(33)13-37-23/h2-4,7-9,11,14,19,21-22,31-32H,5-6,10,12-13H2,1H3,(H,29,34)(H,28,30,33)/t14-,19+,21-,22+/m0/s1. The molecular formula is C26H28N4O6S. The second-order valence-corrected chi connectivity index (χ2v) is 10.1. The summed E-state index contributed by atoms with van der Waals surface area (Å²) in [5.74, 6) is 0.739. The SMILES string of the molecule is COc1cnc2cccc([C@@H](O)C[C@@H]3CC[C@@H](NC(=O)c4ccc5c(n4)NC(=O)CS5)[C@@H](CO)O3)c2c1. The number of pyridine rings is 2. The Bertz CT molecular complexity index is 1320. The third-order valence-corrected chi connectivity index (χ3v) is 7.68. The number of ether oxygens (including phenoxy) is 2. The molecule has 2 amide bonds. The predicted octanol–water partition coefficient (Wildman–Crippen LogP) is 2.44. The number of methoxy groups -OCH3 is 1. The lowest BCUT2D eigenvalue weighted by Gasteiger charge is -2.37.